The molecule has 1 aliphatic rings. The molecule has 35 heavy (non-hydrogen) atoms. The molecule has 10 nitrogen and oxygen atoms in total. The van der Waals surface area contributed by atoms with Crippen molar-refractivity contribution in [2.45, 2.75) is 37.5 Å². The Bertz CT molecular complexity index is 1360. The van der Waals surface area contributed by atoms with Crippen molar-refractivity contribution >= 4 is 11.6 Å². The fourth-order valence-electron chi connectivity index (χ4n) is 3.57. The van der Waals surface area contributed by atoms with Gasteiger partial charge in [0.2, 0.25) is 11.8 Å². The summed E-state index contributed by atoms with van der Waals surface area (Å²) in [4.78, 5) is 16.6. The van der Waals surface area contributed by atoms with Crippen LogP contribution >= 0.6 is 0 Å². The summed E-state index contributed by atoms with van der Waals surface area (Å²) >= 11 is 0. The molecule has 0 aliphatic heterocycles. The lowest BCUT2D eigenvalue weighted by Gasteiger charge is -2.36. The molecule has 4 aromatic rings. The topological polar surface area (TPSA) is 138 Å². The van der Waals surface area contributed by atoms with Crippen molar-refractivity contribution in [3.05, 3.63) is 60.4 Å². The van der Waals surface area contributed by atoms with Crippen molar-refractivity contribution in [3.63, 3.8) is 0 Å². The lowest BCUT2D eigenvalue weighted by atomic mass is 9.77. The average molecular weight is 484 g/mol. The van der Waals surface area contributed by atoms with Crippen LogP contribution in [0.5, 0.6) is 0 Å². The molecule has 0 bridgehead atoms. The SMILES string of the molecule is NC1(C(=O)Nc2cccc(-c3cn(Cc4ccc(-c5nnc(C(F)(F)F)o5)cn4)nn3)c2)CCC1. The van der Waals surface area contributed by atoms with Gasteiger partial charge in [-0.1, -0.05) is 17.3 Å². The number of nitrogens with two attached hydrogens (primary N) is 1. The molecule has 1 aliphatic carbocycles. The van der Waals surface area contributed by atoms with Gasteiger partial charge in [-0.25, -0.2) is 4.68 Å². The average Bonchev–Trinajstić information content (AvgIpc) is 3.48. The van der Waals surface area contributed by atoms with E-state index in [1.165, 1.54) is 12.3 Å². The maximum atomic E-state index is 12.6. The number of benzene rings is 1. The van der Waals surface area contributed by atoms with Crippen LogP contribution in [0.25, 0.3) is 22.7 Å². The smallest absolute Gasteiger partial charge is 0.413 e. The third-order valence-corrected chi connectivity index (χ3v) is 5.72. The van der Waals surface area contributed by atoms with Crippen LogP contribution in [0, 0.1) is 0 Å². The zero-order chi connectivity index (χ0) is 24.6. The Morgan fingerprint density at radius 3 is 2.63 bits per heavy atom. The Morgan fingerprint density at radius 2 is 1.97 bits per heavy atom. The third-order valence-electron chi connectivity index (χ3n) is 5.72. The van der Waals surface area contributed by atoms with E-state index in [1.54, 1.807) is 35.1 Å². The Hall–Kier alpha value is -4.13. The molecule has 0 saturated heterocycles. The van der Waals surface area contributed by atoms with E-state index < -0.39 is 17.6 Å². The number of hydrogen-bond acceptors (Lipinski definition) is 8. The number of carbonyl (C=O) groups is 1. The Morgan fingerprint density at radius 1 is 1.14 bits per heavy atom. The van der Waals surface area contributed by atoms with Gasteiger partial charge in [0.1, 0.15) is 5.69 Å². The van der Waals surface area contributed by atoms with Crippen LogP contribution in [0.3, 0.4) is 0 Å². The number of anilines is 1. The lowest BCUT2D eigenvalue weighted by Crippen LogP contribution is -2.56. The number of amides is 1. The fraction of sp³-hybridized carbons (Fsp3) is 0.273. The fourth-order valence-corrected chi connectivity index (χ4v) is 3.57. The summed E-state index contributed by atoms with van der Waals surface area (Å²) in [5.41, 5.74) is 8.10. The van der Waals surface area contributed by atoms with E-state index in [0.717, 1.165) is 12.0 Å². The highest BCUT2D eigenvalue weighted by atomic mass is 19.4. The second-order valence-electron chi connectivity index (χ2n) is 8.29. The predicted octanol–water partition coefficient (Wildman–Crippen LogP) is 3.28. The number of nitrogens with one attached hydrogen (secondary N) is 1. The molecule has 13 heteroatoms. The molecule has 0 unspecified atom stereocenters. The Balaban J connectivity index is 1.25. The predicted molar refractivity (Wildman–Crippen MR) is 116 cm³/mol. The number of rotatable bonds is 6. The van der Waals surface area contributed by atoms with Crippen molar-refractivity contribution in [1.82, 2.24) is 30.2 Å². The van der Waals surface area contributed by atoms with Crippen molar-refractivity contribution in [1.29, 1.82) is 0 Å². The Kier molecular flexibility index (Phi) is 5.55. The molecule has 1 amide bonds. The number of nitrogens with zero attached hydrogens (tertiary/aromatic N) is 6. The summed E-state index contributed by atoms with van der Waals surface area (Å²) in [6.07, 6.45) is 0.648. The first-order valence-corrected chi connectivity index (χ1v) is 10.7. The largest absolute Gasteiger partial charge is 0.470 e. The first kappa shape index (κ1) is 22.7. The van der Waals surface area contributed by atoms with Gasteiger partial charge < -0.3 is 15.5 Å². The van der Waals surface area contributed by atoms with Crippen LogP contribution in [0.2, 0.25) is 0 Å². The van der Waals surface area contributed by atoms with Gasteiger partial charge in [-0.2, -0.15) is 13.2 Å². The Labute approximate surface area is 196 Å². The quantitative estimate of drug-likeness (QED) is 0.425. The number of carbonyl (C=O) groups excluding carboxylic acids is 1. The minimum atomic E-state index is -4.71. The maximum absolute atomic E-state index is 12.6. The third kappa shape index (κ3) is 4.75. The van der Waals surface area contributed by atoms with Crippen LogP contribution in [0.15, 0.2) is 53.2 Å². The summed E-state index contributed by atoms with van der Waals surface area (Å²) in [7, 11) is 0. The van der Waals surface area contributed by atoms with E-state index >= 15 is 0 Å². The van der Waals surface area contributed by atoms with Gasteiger partial charge in [-0.3, -0.25) is 9.78 Å². The van der Waals surface area contributed by atoms with E-state index in [0.29, 0.717) is 29.9 Å². The van der Waals surface area contributed by atoms with Gasteiger partial charge in [0, 0.05) is 17.4 Å². The van der Waals surface area contributed by atoms with Crippen LogP contribution < -0.4 is 11.1 Å². The molecule has 180 valence electrons. The van der Waals surface area contributed by atoms with E-state index in [1.807, 2.05) is 6.07 Å². The first-order chi connectivity index (χ1) is 16.7. The zero-order valence-electron chi connectivity index (χ0n) is 18.2. The number of aromatic nitrogens is 6. The molecular weight excluding hydrogens is 465 g/mol. The van der Waals surface area contributed by atoms with Crippen LogP contribution in [0.1, 0.15) is 30.8 Å². The molecular formula is C22H19F3N8O2. The second kappa shape index (κ2) is 8.58. The van der Waals surface area contributed by atoms with E-state index in [4.69, 9.17) is 5.73 Å². The second-order valence-corrected chi connectivity index (χ2v) is 8.29. The minimum Gasteiger partial charge on any atom is -0.413 e. The highest BCUT2D eigenvalue weighted by Gasteiger charge is 2.40. The van der Waals surface area contributed by atoms with Crippen LogP contribution in [0.4, 0.5) is 18.9 Å². The molecule has 5 rings (SSSR count). The molecule has 0 radical (unpaired) electrons. The van der Waals surface area contributed by atoms with E-state index in [9.17, 15) is 18.0 Å². The molecule has 3 aromatic heterocycles. The highest BCUT2D eigenvalue weighted by Crippen LogP contribution is 2.31. The van der Waals surface area contributed by atoms with Gasteiger partial charge in [0.15, 0.2) is 0 Å². The summed E-state index contributed by atoms with van der Waals surface area (Å²) in [5.74, 6) is -1.89. The first-order valence-electron chi connectivity index (χ1n) is 10.7. The van der Waals surface area contributed by atoms with Crippen LogP contribution in [-0.4, -0.2) is 41.6 Å². The lowest BCUT2D eigenvalue weighted by molar-refractivity contribution is -0.157. The maximum Gasteiger partial charge on any atom is 0.470 e. The number of hydrogen-bond donors (Lipinski definition) is 2. The van der Waals surface area contributed by atoms with Crippen molar-refractivity contribution in [2.24, 2.45) is 5.73 Å². The van der Waals surface area contributed by atoms with Crippen molar-refractivity contribution in [3.8, 4) is 22.7 Å². The molecule has 1 aromatic carbocycles. The summed E-state index contributed by atoms with van der Waals surface area (Å²) in [5, 5.41) is 17.6. The molecule has 1 fully saturated rings. The summed E-state index contributed by atoms with van der Waals surface area (Å²) in [6.45, 7) is 0.275. The number of alkyl halides is 3. The molecule has 3 N–H and O–H groups in total. The standard InChI is InChI=1S/C22H19F3N8O2/c23-22(24,25)20-31-30-18(35-20)14-5-6-16(27-10-14)11-33-12-17(29-32-33)13-3-1-4-15(9-13)28-19(34)21(26)7-2-8-21/h1,3-6,9-10,12H,2,7-8,11,26H2,(H,28,34). The number of pyridine rings is 1. The molecule has 3 heterocycles. The normalized spacial score (nSPS) is 15.0. The minimum absolute atomic E-state index is 0.200. The van der Waals surface area contributed by atoms with E-state index in [2.05, 4.69) is 35.2 Å². The van der Waals surface area contributed by atoms with Crippen LogP contribution in [-0.2, 0) is 17.5 Å². The van der Waals surface area contributed by atoms with Gasteiger partial charge in [-0.15, -0.1) is 15.3 Å². The van der Waals surface area contributed by atoms with Crippen molar-refractivity contribution in [2.75, 3.05) is 5.32 Å². The number of halogens is 3. The summed E-state index contributed by atoms with van der Waals surface area (Å²) in [6, 6.07) is 10.4. The zero-order valence-corrected chi connectivity index (χ0v) is 18.2. The summed E-state index contributed by atoms with van der Waals surface area (Å²) < 4.78 is 44.1. The molecule has 1 saturated carbocycles. The molecule has 0 spiro atoms. The van der Waals surface area contributed by atoms with Gasteiger partial charge in [-0.05, 0) is 43.5 Å². The molecule has 0 atom stereocenters. The van der Waals surface area contributed by atoms with Gasteiger partial charge >= 0.3 is 12.1 Å². The van der Waals surface area contributed by atoms with E-state index in [-0.39, 0.29) is 23.9 Å². The van der Waals surface area contributed by atoms with Gasteiger partial charge in [0.25, 0.3) is 0 Å². The highest BCUT2D eigenvalue weighted by molar-refractivity contribution is 5.99. The monoisotopic (exact) mass is 484 g/mol. The van der Waals surface area contributed by atoms with Gasteiger partial charge in [0.05, 0.1) is 29.5 Å². The van der Waals surface area contributed by atoms with Crippen molar-refractivity contribution < 1.29 is 22.4 Å².